The van der Waals surface area contributed by atoms with Crippen LogP contribution in [0.5, 0.6) is 5.75 Å². The van der Waals surface area contributed by atoms with Gasteiger partial charge in [-0.2, -0.15) is 13.9 Å². The molecule has 156 valence electrons. The maximum absolute atomic E-state index is 12.4. The predicted molar refractivity (Wildman–Crippen MR) is 105 cm³/mol. The maximum atomic E-state index is 12.4. The number of rotatable bonds is 6. The molecule has 0 spiro atoms. The highest BCUT2D eigenvalue weighted by Crippen LogP contribution is 2.32. The van der Waals surface area contributed by atoms with Crippen molar-refractivity contribution in [3.05, 3.63) is 71.7 Å². The lowest BCUT2D eigenvalue weighted by molar-refractivity contribution is -0.0499. The van der Waals surface area contributed by atoms with E-state index in [9.17, 15) is 13.6 Å². The number of aromatic nitrogens is 3. The Morgan fingerprint density at radius 3 is 2.97 bits per heavy atom. The number of pyridine rings is 1. The molecule has 0 radical (unpaired) electrons. The molecule has 2 N–H and O–H groups in total. The average Bonchev–Trinajstić information content (AvgIpc) is 3.27. The Morgan fingerprint density at radius 1 is 1.27 bits per heavy atom. The van der Waals surface area contributed by atoms with Crippen molar-refractivity contribution in [1.29, 1.82) is 0 Å². The van der Waals surface area contributed by atoms with Crippen LogP contribution in [0.25, 0.3) is 5.82 Å². The minimum absolute atomic E-state index is 0.138. The molecule has 0 aliphatic heterocycles. The second-order valence-electron chi connectivity index (χ2n) is 6.98. The molecule has 1 aliphatic rings. The molecule has 1 aromatic carbocycles. The average molecular weight is 413 g/mol. The van der Waals surface area contributed by atoms with Gasteiger partial charge in [-0.1, -0.05) is 6.07 Å². The summed E-state index contributed by atoms with van der Waals surface area (Å²) in [5.41, 5.74) is 2.74. The number of urea groups is 1. The van der Waals surface area contributed by atoms with Gasteiger partial charge in [-0.25, -0.2) is 14.5 Å². The van der Waals surface area contributed by atoms with Gasteiger partial charge in [0.1, 0.15) is 5.75 Å². The number of hydrogen-bond donors (Lipinski definition) is 2. The Hall–Kier alpha value is -3.49. The molecule has 3 aromatic rings. The van der Waals surface area contributed by atoms with Crippen LogP contribution in [0.3, 0.4) is 0 Å². The molecule has 0 saturated carbocycles. The third-order valence-electron chi connectivity index (χ3n) is 4.96. The number of carbonyl (C=O) groups is 1. The summed E-state index contributed by atoms with van der Waals surface area (Å²) in [4.78, 5) is 16.7. The Bertz CT molecular complexity index is 1010. The molecule has 1 atom stereocenters. The van der Waals surface area contributed by atoms with Gasteiger partial charge in [0.2, 0.25) is 0 Å². The lowest BCUT2D eigenvalue weighted by Crippen LogP contribution is -2.38. The second kappa shape index (κ2) is 8.89. The van der Waals surface area contributed by atoms with Crippen LogP contribution >= 0.6 is 0 Å². The number of carbonyl (C=O) groups excluding carboxylic acids is 1. The molecule has 2 aromatic heterocycles. The van der Waals surface area contributed by atoms with Gasteiger partial charge in [-0.15, -0.1) is 0 Å². The standard InChI is InChI=1S/C21H21F2N5O2/c22-20(23)30-16-5-6-17-15(12-16)3-1-4-18(17)27-21(29)25-13-14-7-9-24-19(11-14)28-10-2-8-26-28/h2,5-12,18,20H,1,3-4,13H2,(H2,25,27,29). The third kappa shape index (κ3) is 4.73. The highest BCUT2D eigenvalue weighted by atomic mass is 19.3. The first-order chi connectivity index (χ1) is 14.6. The third-order valence-corrected chi connectivity index (χ3v) is 4.96. The van der Waals surface area contributed by atoms with Gasteiger partial charge in [0.05, 0.1) is 6.04 Å². The number of benzene rings is 1. The molecule has 0 bridgehead atoms. The molecule has 1 aliphatic carbocycles. The summed E-state index contributed by atoms with van der Waals surface area (Å²) in [7, 11) is 0. The van der Waals surface area contributed by atoms with E-state index in [2.05, 4.69) is 25.5 Å². The summed E-state index contributed by atoms with van der Waals surface area (Å²) in [5, 5.41) is 9.98. The first-order valence-electron chi connectivity index (χ1n) is 9.65. The van der Waals surface area contributed by atoms with Crippen LogP contribution in [0, 0.1) is 0 Å². The zero-order valence-corrected chi connectivity index (χ0v) is 16.1. The largest absolute Gasteiger partial charge is 0.435 e. The summed E-state index contributed by atoms with van der Waals surface area (Å²) in [6.45, 7) is -2.52. The normalized spacial score (nSPS) is 15.5. The van der Waals surface area contributed by atoms with Crippen molar-refractivity contribution in [2.24, 2.45) is 0 Å². The first-order valence-corrected chi connectivity index (χ1v) is 9.65. The SMILES string of the molecule is O=C(NCc1ccnc(-n2cccn2)c1)NC1CCCc2cc(OC(F)F)ccc21. The van der Waals surface area contributed by atoms with Crippen molar-refractivity contribution in [3.8, 4) is 11.6 Å². The molecule has 2 heterocycles. The highest BCUT2D eigenvalue weighted by Gasteiger charge is 2.22. The van der Waals surface area contributed by atoms with E-state index in [4.69, 9.17) is 0 Å². The van der Waals surface area contributed by atoms with Crippen LogP contribution in [-0.4, -0.2) is 27.4 Å². The van der Waals surface area contributed by atoms with E-state index < -0.39 is 6.61 Å². The fourth-order valence-electron chi connectivity index (χ4n) is 3.61. The van der Waals surface area contributed by atoms with E-state index >= 15 is 0 Å². The van der Waals surface area contributed by atoms with Crippen molar-refractivity contribution in [3.63, 3.8) is 0 Å². The lowest BCUT2D eigenvalue weighted by atomic mass is 9.87. The number of ether oxygens (including phenoxy) is 1. The highest BCUT2D eigenvalue weighted by molar-refractivity contribution is 5.74. The summed E-state index contributed by atoms with van der Waals surface area (Å²) < 4.78 is 31.0. The van der Waals surface area contributed by atoms with Crippen molar-refractivity contribution in [1.82, 2.24) is 25.4 Å². The van der Waals surface area contributed by atoms with Crippen LogP contribution in [-0.2, 0) is 13.0 Å². The van der Waals surface area contributed by atoms with E-state index in [1.165, 1.54) is 6.07 Å². The van der Waals surface area contributed by atoms with Gasteiger partial charge in [0.25, 0.3) is 0 Å². The molecular weight excluding hydrogens is 392 g/mol. The Morgan fingerprint density at radius 2 is 2.17 bits per heavy atom. The fraction of sp³-hybridized carbons (Fsp3) is 0.286. The molecule has 30 heavy (non-hydrogen) atoms. The van der Waals surface area contributed by atoms with Crippen LogP contribution in [0.2, 0.25) is 0 Å². The second-order valence-corrected chi connectivity index (χ2v) is 6.98. The van der Waals surface area contributed by atoms with Gasteiger partial charge in [-0.3, -0.25) is 0 Å². The molecule has 0 fully saturated rings. The van der Waals surface area contributed by atoms with Crippen molar-refractivity contribution >= 4 is 6.03 Å². The van der Waals surface area contributed by atoms with Crippen LogP contribution < -0.4 is 15.4 Å². The zero-order chi connectivity index (χ0) is 20.9. The Balaban J connectivity index is 1.37. The molecule has 4 rings (SSSR count). The number of hydrogen-bond acceptors (Lipinski definition) is 4. The van der Waals surface area contributed by atoms with E-state index in [0.29, 0.717) is 12.4 Å². The monoisotopic (exact) mass is 413 g/mol. The smallest absolute Gasteiger partial charge is 0.387 e. The number of nitrogens with one attached hydrogen (secondary N) is 2. The van der Waals surface area contributed by atoms with Gasteiger partial charge >= 0.3 is 12.6 Å². The molecule has 0 saturated heterocycles. The number of amides is 2. The van der Waals surface area contributed by atoms with Crippen molar-refractivity contribution in [2.45, 2.75) is 38.5 Å². The number of nitrogens with zero attached hydrogens (tertiary/aromatic N) is 3. The van der Waals surface area contributed by atoms with Crippen molar-refractivity contribution < 1.29 is 18.3 Å². The number of alkyl halides is 2. The van der Waals surface area contributed by atoms with E-state index in [1.807, 2.05) is 18.2 Å². The van der Waals surface area contributed by atoms with Crippen LogP contribution in [0.4, 0.5) is 13.6 Å². The maximum Gasteiger partial charge on any atom is 0.387 e. The van der Waals surface area contributed by atoms with Crippen LogP contribution in [0.15, 0.2) is 55.0 Å². The molecule has 9 heteroatoms. The van der Waals surface area contributed by atoms with E-state index in [1.54, 1.807) is 35.4 Å². The molecule has 2 amide bonds. The van der Waals surface area contributed by atoms with E-state index in [-0.39, 0.29) is 17.8 Å². The zero-order valence-electron chi connectivity index (χ0n) is 16.1. The first kappa shape index (κ1) is 19.8. The van der Waals surface area contributed by atoms with Crippen LogP contribution in [0.1, 0.15) is 35.6 Å². The molecule has 1 unspecified atom stereocenters. The lowest BCUT2D eigenvalue weighted by Gasteiger charge is -2.27. The number of halogens is 2. The van der Waals surface area contributed by atoms with E-state index in [0.717, 1.165) is 36.0 Å². The predicted octanol–water partition coefficient (Wildman–Crippen LogP) is 3.75. The van der Waals surface area contributed by atoms with Gasteiger partial charge in [0, 0.05) is 25.1 Å². The van der Waals surface area contributed by atoms with Gasteiger partial charge in [-0.05, 0) is 66.3 Å². The minimum atomic E-state index is -2.85. The minimum Gasteiger partial charge on any atom is -0.435 e. The summed E-state index contributed by atoms with van der Waals surface area (Å²) in [5.74, 6) is 0.808. The summed E-state index contributed by atoms with van der Waals surface area (Å²) in [6, 6.07) is 9.91. The molecular formula is C21H21F2N5O2. The quantitative estimate of drug-likeness (QED) is 0.645. The van der Waals surface area contributed by atoms with Crippen molar-refractivity contribution in [2.75, 3.05) is 0 Å². The fourth-order valence-corrected chi connectivity index (χ4v) is 3.61. The molecule has 7 nitrogen and oxygen atoms in total. The number of fused-ring (bicyclic) bond motifs is 1. The summed E-state index contributed by atoms with van der Waals surface area (Å²) >= 11 is 0. The number of aryl methyl sites for hydroxylation is 1. The Labute approximate surface area is 172 Å². The van der Waals surface area contributed by atoms with Gasteiger partial charge < -0.3 is 15.4 Å². The Kier molecular flexibility index (Phi) is 5.87. The van der Waals surface area contributed by atoms with Gasteiger partial charge in [0.15, 0.2) is 5.82 Å². The summed E-state index contributed by atoms with van der Waals surface area (Å²) in [6.07, 6.45) is 7.54. The topological polar surface area (TPSA) is 81.1 Å².